The van der Waals surface area contributed by atoms with E-state index in [2.05, 4.69) is 15.2 Å². The van der Waals surface area contributed by atoms with Crippen molar-refractivity contribution in [1.82, 2.24) is 24.8 Å². The van der Waals surface area contributed by atoms with E-state index in [0.717, 1.165) is 11.1 Å². The summed E-state index contributed by atoms with van der Waals surface area (Å²) in [7, 11) is 0. The molecule has 0 unspecified atom stereocenters. The Bertz CT molecular complexity index is 1060. The Morgan fingerprint density at radius 3 is 2.70 bits per heavy atom. The van der Waals surface area contributed by atoms with Gasteiger partial charge in [0.2, 0.25) is 5.89 Å². The van der Waals surface area contributed by atoms with Gasteiger partial charge >= 0.3 is 6.09 Å². The number of benzene rings is 1. The molecular weight excluding hydrogens is 389 g/mol. The van der Waals surface area contributed by atoms with Crippen LogP contribution < -0.4 is 0 Å². The number of nitrogens with zero attached hydrogens (tertiary/aromatic N) is 5. The van der Waals surface area contributed by atoms with E-state index in [0.29, 0.717) is 43.8 Å². The van der Waals surface area contributed by atoms with Gasteiger partial charge in [0.05, 0.1) is 11.2 Å². The van der Waals surface area contributed by atoms with E-state index in [1.165, 1.54) is 16.8 Å². The Morgan fingerprint density at radius 2 is 2.03 bits per heavy atom. The minimum absolute atomic E-state index is 0.0501. The Labute approximate surface area is 174 Å². The number of ether oxygens (including phenoxy) is 1. The maximum atomic E-state index is 13.8. The van der Waals surface area contributed by atoms with E-state index in [1.807, 2.05) is 27.7 Å². The summed E-state index contributed by atoms with van der Waals surface area (Å²) < 4.78 is 26.3. The first-order chi connectivity index (χ1) is 14.2. The van der Waals surface area contributed by atoms with Gasteiger partial charge in [0.1, 0.15) is 11.4 Å². The largest absolute Gasteiger partial charge is 0.444 e. The van der Waals surface area contributed by atoms with Crippen molar-refractivity contribution in [1.29, 1.82) is 0 Å². The minimum atomic E-state index is -0.515. The molecule has 160 valence electrons. The molecule has 1 aliphatic rings. The topological polar surface area (TPSA) is 86.3 Å². The fourth-order valence-corrected chi connectivity index (χ4v) is 3.68. The highest BCUT2D eigenvalue weighted by atomic mass is 19.1. The normalized spacial score (nSPS) is 15.7. The number of rotatable bonds is 3. The highest BCUT2D eigenvalue weighted by molar-refractivity contribution is 5.83. The number of hydrogen-bond donors (Lipinski definition) is 0. The number of fused-ring (bicyclic) bond motifs is 1. The third-order valence-electron chi connectivity index (χ3n) is 5.17. The van der Waals surface area contributed by atoms with Gasteiger partial charge in [-0.15, -0.1) is 0 Å². The first-order valence-electron chi connectivity index (χ1n) is 10.2. The maximum absolute atomic E-state index is 13.8. The van der Waals surface area contributed by atoms with Crippen molar-refractivity contribution in [2.45, 2.75) is 58.5 Å². The zero-order chi connectivity index (χ0) is 21.5. The summed E-state index contributed by atoms with van der Waals surface area (Å²) in [4.78, 5) is 18.5. The van der Waals surface area contributed by atoms with Crippen LogP contribution >= 0.6 is 0 Å². The van der Waals surface area contributed by atoms with Crippen LogP contribution in [0.4, 0.5) is 9.18 Å². The Balaban J connectivity index is 1.50. The van der Waals surface area contributed by atoms with E-state index in [-0.39, 0.29) is 23.8 Å². The molecule has 9 heteroatoms. The summed E-state index contributed by atoms with van der Waals surface area (Å²) in [6, 6.07) is 4.57. The molecule has 0 spiro atoms. The lowest BCUT2D eigenvalue weighted by atomic mass is 9.97. The standard InChI is InChI=1S/C21H26FN5O3/c1-5-16-15-7-6-14(22)12-17(15)27(24-16)19-23-18(30-25-19)13-8-10-26(11-9-13)20(28)29-21(2,3)4/h6-7,12-13H,5,8-11H2,1-4H3. The molecule has 3 heterocycles. The van der Waals surface area contributed by atoms with Crippen LogP contribution in [0, 0.1) is 5.82 Å². The number of carbonyl (C=O) groups excluding carboxylic acids is 1. The van der Waals surface area contributed by atoms with Crippen LogP contribution in [0.25, 0.3) is 16.9 Å². The molecule has 1 fully saturated rings. The van der Waals surface area contributed by atoms with Crippen LogP contribution in [0.5, 0.6) is 0 Å². The van der Waals surface area contributed by atoms with Crippen LogP contribution in [0.3, 0.4) is 0 Å². The van der Waals surface area contributed by atoms with Crippen molar-refractivity contribution in [2.24, 2.45) is 0 Å². The Morgan fingerprint density at radius 1 is 1.30 bits per heavy atom. The molecule has 1 aliphatic heterocycles. The molecule has 8 nitrogen and oxygen atoms in total. The molecule has 0 saturated carbocycles. The van der Waals surface area contributed by atoms with E-state index < -0.39 is 5.60 Å². The summed E-state index contributed by atoms with van der Waals surface area (Å²) in [5, 5.41) is 9.49. The lowest BCUT2D eigenvalue weighted by Crippen LogP contribution is -2.41. The molecule has 3 aromatic rings. The van der Waals surface area contributed by atoms with Gasteiger partial charge in [0.15, 0.2) is 0 Å². The fraction of sp³-hybridized carbons (Fsp3) is 0.524. The quantitative estimate of drug-likeness (QED) is 0.636. The molecule has 30 heavy (non-hydrogen) atoms. The zero-order valence-corrected chi connectivity index (χ0v) is 17.7. The Kier molecular flexibility index (Phi) is 5.21. The van der Waals surface area contributed by atoms with E-state index in [9.17, 15) is 9.18 Å². The second kappa shape index (κ2) is 7.70. The van der Waals surface area contributed by atoms with Crippen molar-refractivity contribution in [3.8, 4) is 5.95 Å². The van der Waals surface area contributed by atoms with E-state index >= 15 is 0 Å². The van der Waals surface area contributed by atoms with Gasteiger partial charge in [-0.05, 0) is 57.3 Å². The van der Waals surface area contributed by atoms with Gasteiger partial charge in [-0.2, -0.15) is 14.8 Å². The van der Waals surface area contributed by atoms with Gasteiger partial charge in [-0.1, -0.05) is 6.92 Å². The number of carbonyl (C=O) groups is 1. The van der Waals surface area contributed by atoms with Crippen molar-refractivity contribution in [2.75, 3.05) is 13.1 Å². The van der Waals surface area contributed by atoms with Crippen molar-refractivity contribution in [3.05, 3.63) is 35.6 Å². The van der Waals surface area contributed by atoms with Crippen LogP contribution in [0.1, 0.15) is 58.0 Å². The molecule has 1 aromatic carbocycles. The average Bonchev–Trinajstić information content (AvgIpc) is 3.31. The lowest BCUT2D eigenvalue weighted by molar-refractivity contribution is 0.0198. The third kappa shape index (κ3) is 4.01. The molecule has 0 atom stereocenters. The SMILES string of the molecule is CCc1nn(-c2noc(C3CCN(C(=O)OC(C)(C)C)CC3)n2)c2cc(F)ccc12. The van der Waals surface area contributed by atoms with Gasteiger partial charge < -0.3 is 14.2 Å². The summed E-state index contributed by atoms with van der Waals surface area (Å²) in [6.45, 7) is 8.68. The predicted molar refractivity (Wildman–Crippen MR) is 108 cm³/mol. The van der Waals surface area contributed by atoms with Crippen molar-refractivity contribution >= 4 is 17.0 Å². The first-order valence-corrected chi connectivity index (χ1v) is 10.2. The number of halogens is 1. The van der Waals surface area contributed by atoms with Gasteiger partial charge in [0.25, 0.3) is 5.95 Å². The molecule has 2 aromatic heterocycles. The number of aryl methyl sites for hydroxylation is 1. The highest BCUT2D eigenvalue weighted by Gasteiger charge is 2.30. The minimum Gasteiger partial charge on any atom is -0.444 e. The zero-order valence-electron chi connectivity index (χ0n) is 17.7. The second-order valence-corrected chi connectivity index (χ2v) is 8.55. The second-order valence-electron chi connectivity index (χ2n) is 8.55. The van der Waals surface area contributed by atoms with Gasteiger partial charge in [-0.25, -0.2) is 9.18 Å². The molecule has 4 rings (SSSR count). The molecule has 0 radical (unpaired) electrons. The monoisotopic (exact) mass is 415 g/mol. The highest BCUT2D eigenvalue weighted by Crippen LogP contribution is 2.29. The van der Waals surface area contributed by atoms with Crippen molar-refractivity contribution < 1.29 is 18.4 Å². The van der Waals surface area contributed by atoms with Gasteiger partial charge in [-0.3, -0.25) is 0 Å². The predicted octanol–water partition coefficient (Wildman–Crippen LogP) is 4.22. The summed E-state index contributed by atoms with van der Waals surface area (Å²) in [5.41, 5.74) is 0.944. The van der Waals surface area contributed by atoms with Crippen LogP contribution in [-0.2, 0) is 11.2 Å². The third-order valence-corrected chi connectivity index (χ3v) is 5.17. The number of piperidine rings is 1. The summed E-state index contributed by atoms with van der Waals surface area (Å²) in [6.07, 6.45) is 1.82. The smallest absolute Gasteiger partial charge is 0.410 e. The van der Waals surface area contributed by atoms with E-state index in [1.54, 1.807) is 11.0 Å². The molecule has 1 saturated heterocycles. The maximum Gasteiger partial charge on any atom is 0.410 e. The molecule has 0 N–H and O–H groups in total. The number of amides is 1. The van der Waals surface area contributed by atoms with Crippen LogP contribution in [0.2, 0.25) is 0 Å². The molecule has 0 aliphatic carbocycles. The first kappa shape index (κ1) is 20.3. The summed E-state index contributed by atoms with van der Waals surface area (Å²) >= 11 is 0. The molecule has 0 bridgehead atoms. The van der Waals surface area contributed by atoms with E-state index in [4.69, 9.17) is 9.26 Å². The molecular formula is C21H26FN5O3. The fourth-order valence-electron chi connectivity index (χ4n) is 3.68. The molecule has 1 amide bonds. The number of aromatic nitrogens is 4. The van der Waals surface area contributed by atoms with Crippen LogP contribution in [-0.4, -0.2) is 49.6 Å². The summed E-state index contributed by atoms with van der Waals surface area (Å²) in [5.74, 6) is 0.500. The van der Waals surface area contributed by atoms with Gasteiger partial charge in [0, 0.05) is 30.5 Å². The number of hydrogen-bond acceptors (Lipinski definition) is 6. The van der Waals surface area contributed by atoms with Crippen LogP contribution in [0.15, 0.2) is 22.7 Å². The Hall–Kier alpha value is -2.97. The average molecular weight is 415 g/mol. The number of likely N-dealkylation sites (tertiary alicyclic amines) is 1. The lowest BCUT2D eigenvalue weighted by Gasteiger charge is -2.32. The van der Waals surface area contributed by atoms with Crippen molar-refractivity contribution in [3.63, 3.8) is 0 Å².